The van der Waals surface area contributed by atoms with Crippen LogP contribution in [0.1, 0.15) is 18.4 Å². The van der Waals surface area contributed by atoms with E-state index in [2.05, 4.69) is 37.2 Å². The molecule has 1 aromatic rings. The molecule has 1 aromatic carbocycles. The Labute approximate surface area is 182 Å². The molecule has 1 N–H and O–H groups in total. The maximum atomic E-state index is 11.6. The Hall–Kier alpha value is -0.390. The molecule has 0 spiro atoms. The number of benzene rings is 1. The monoisotopic (exact) mass is 558 g/mol. The summed E-state index contributed by atoms with van der Waals surface area (Å²) in [5.74, 6) is 1.31. The quantitative estimate of drug-likeness (QED) is 0.343. The minimum atomic E-state index is -3.06. The zero-order chi connectivity index (χ0) is 18.4. The highest BCUT2D eigenvalue weighted by atomic mass is 127. The van der Waals surface area contributed by atoms with Gasteiger partial charge in [0, 0.05) is 44.7 Å². The third kappa shape index (κ3) is 6.97. The number of nitrogens with one attached hydrogen (secondary N) is 1. The van der Waals surface area contributed by atoms with Gasteiger partial charge in [0.1, 0.15) is 0 Å². The molecule has 0 atom stereocenters. The van der Waals surface area contributed by atoms with Crippen molar-refractivity contribution in [3.05, 3.63) is 34.3 Å². The highest BCUT2D eigenvalue weighted by Crippen LogP contribution is 2.19. The van der Waals surface area contributed by atoms with Crippen molar-refractivity contribution in [2.75, 3.05) is 40.0 Å². The molecule has 0 saturated carbocycles. The van der Waals surface area contributed by atoms with Crippen molar-refractivity contribution >= 4 is 55.9 Å². The molecular weight excluding hydrogens is 531 g/mol. The van der Waals surface area contributed by atoms with Crippen LogP contribution in [0.4, 0.5) is 0 Å². The summed E-state index contributed by atoms with van der Waals surface area (Å²) in [6.07, 6.45) is 3.04. The van der Waals surface area contributed by atoms with Crippen LogP contribution in [-0.4, -0.2) is 63.6 Å². The molecule has 0 bridgehead atoms. The van der Waals surface area contributed by atoms with E-state index in [1.165, 1.54) is 11.8 Å². The SMILES string of the molecule is CN=C(NCC1CCN(S(C)(=O)=O)CC1)N(C)Cc1ccccc1Br.I. The maximum Gasteiger partial charge on any atom is 0.211 e. The number of guanidine groups is 1. The lowest BCUT2D eigenvalue weighted by Gasteiger charge is -2.31. The predicted molar refractivity (Wildman–Crippen MR) is 122 cm³/mol. The summed E-state index contributed by atoms with van der Waals surface area (Å²) < 4.78 is 25.8. The summed E-state index contributed by atoms with van der Waals surface area (Å²) in [6, 6.07) is 8.16. The zero-order valence-corrected chi connectivity index (χ0v) is 20.2. The van der Waals surface area contributed by atoms with E-state index in [1.807, 2.05) is 25.2 Å². The second kappa shape index (κ2) is 10.8. The van der Waals surface area contributed by atoms with Crippen LogP contribution in [0.3, 0.4) is 0 Å². The van der Waals surface area contributed by atoms with Crippen molar-refractivity contribution in [1.29, 1.82) is 0 Å². The molecule has 1 saturated heterocycles. The molecule has 0 aromatic heterocycles. The van der Waals surface area contributed by atoms with Gasteiger partial charge in [-0.1, -0.05) is 34.1 Å². The first-order valence-electron chi connectivity index (χ1n) is 8.41. The lowest BCUT2D eigenvalue weighted by Crippen LogP contribution is -2.44. The van der Waals surface area contributed by atoms with Crippen LogP contribution >= 0.6 is 39.9 Å². The van der Waals surface area contributed by atoms with Crippen molar-refractivity contribution in [3.8, 4) is 0 Å². The molecule has 0 amide bonds. The molecule has 1 heterocycles. The largest absolute Gasteiger partial charge is 0.356 e. The van der Waals surface area contributed by atoms with Gasteiger partial charge in [-0.3, -0.25) is 4.99 Å². The van der Waals surface area contributed by atoms with Crippen molar-refractivity contribution in [2.24, 2.45) is 10.9 Å². The van der Waals surface area contributed by atoms with Gasteiger partial charge in [-0.05, 0) is 30.4 Å². The molecule has 0 unspecified atom stereocenters. The average Bonchev–Trinajstić information content (AvgIpc) is 2.57. The normalized spacial score (nSPS) is 16.8. The zero-order valence-electron chi connectivity index (χ0n) is 15.5. The summed E-state index contributed by atoms with van der Waals surface area (Å²) in [7, 11) is 0.737. The molecule has 0 radical (unpaired) electrons. The van der Waals surface area contributed by atoms with Crippen LogP contribution in [0, 0.1) is 5.92 Å². The van der Waals surface area contributed by atoms with Gasteiger partial charge >= 0.3 is 0 Å². The molecule has 1 aliphatic heterocycles. The van der Waals surface area contributed by atoms with Crippen molar-refractivity contribution in [3.63, 3.8) is 0 Å². The van der Waals surface area contributed by atoms with E-state index in [1.54, 1.807) is 11.4 Å². The van der Waals surface area contributed by atoms with Crippen molar-refractivity contribution in [2.45, 2.75) is 19.4 Å². The lowest BCUT2D eigenvalue weighted by atomic mass is 9.98. The van der Waals surface area contributed by atoms with Crippen LogP contribution < -0.4 is 5.32 Å². The number of hydrogen-bond acceptors (Lipinski definition) is 3. The third-order valence-corrected chi connectivity index (χ3v) is 6.61. The molecule has 1 aliphatic rings. The number of piperidine rings is 1. The molecule has 0 aliphatic carbocycles. The fraction of sp³-hybridized carbons (Fsp3) is 0.588. The fourth-order valence-corrected chi connectivity index (χ4v) is 4.31. The molecule has 1 fully saturated rings. The van der Waals surface area contributed by atoms with Crippen LogP contribution in [0.25, 0.3) is 0 Å². The van der Waals surface area contributed by atoms with E-state index < -0.39 is 10.0 Å². The Bertz CT molecular complexity index is 706. The van der Waals surface area contributed by atoms with E-state index in [0.29, 0.717) is 19.0 Å². The van der Waals surface area contributed by atoms with Crippen LogP contribution in [-0.2, 0) is 16.6 Å². The van der Waals surface area contributed by atoms with Gasteiger partial charge < -0.3 is 10.2 Å². The number of hydrogen-bond donors (Lipinski definition) is 1. The molecule has 148 valence electrons. The van der Waals surface area contributed by atoms with E-state index in [0.717, 1.165) is 36.4 Å². The highest BCUT2D eigenvalue weighted by Gasteiger charge is 2.25. The minimum absolute atomic E-state index is 0. The van der Waals surface area contributed by atoms with Gasteiger partial charge in [0.15, 0.2) is 5.96 Å². The average molecular weight is 559 g/mol. The Morgan fingerprint density at radius 2 is 1.96 bits per heavy atom. The van der Waals surface area contributed by atoms with Gasteiger partial charge in [-0.2, -0.15) is 0 Å². The van der Waals surface area contributed by atoms with Crippen molar-refractivity contribution in [1.82, 2.24) is 14.5 Å². The number of halogens is 2. The molecule has 9 heteroatoms. The van der Waals surface area contributed by atoms with Gasteiger partial charge in [0.25, 0.3) is 0 Å². The first kappa shape index (κ1) is 23.6. The molecular formula is C17H28BrIN4O2S. The Balaban J connectivity index is 0.00000338. The second-order valence-electron chi connectivity index (χ2n) is 6.48. The number of nitrogens with zero attached hydrogens (tertiary/aromatic N) is 3. The maximum absolute atomic E-state index is 11.6. The summed E-state index contributed by atoms with van der Waals surface area (Å²) in [6.45, 7) is 2.78. The van der Waals surface area contributed by atoms with E-state index >= 15 is 0 Å². The summed E-state index contributed by atoms with van der Waals surface area (Å²) in [4.78, 5) is 6.45. The first-order valence-corrected chi connectivity index (χ1v) is 11.1. The topological polar surface area (TPSA) is 65.0 Å². The van der Waals surface area contributed by atoms with Gasteiger partial charge in [0.2, 0.25) is 10.0 Å². The predicted octanol–water partition coefficient (Wildman–Crippen LogP) is 2.75. The molecule has 2 rings (SSSR count). The number of sulfonamides is 1. The number of rotatable bonds is 5. The molecule has 6 nitrogen and oxygen atoms in total. The van der Waals surface area contributed by atoms with E-state index in [4.69, 9.17) is 0 Å². The van der Waals surface area contributed by atoms with Crippen LogP contribution in [0.5, 0.6) is 0 Å². The third-order valence-electron chi connectivity index (χ3n) is 4.53. The highest BCUT2D eigenvalue weighted by molar-refractivity contribution is 14.0. The second-order valence-corrected chi connectivity index (χ2v) is 9.32. The minimum Gasteiger partial charge on any atom is -0.356 e. The summed E-state index contributed by atoms with van der Waals surface area (Å²) >= 11 is 3.58. The Kier molecular flexibility index (Phi) is 9.84. The molecule has 26 heavy (non-hydrogen) atoms. The fourth-order valence-electron chi connectivity index (χ4n) is 3.02. The first-order chi connectivity index (χ1) is 11.8. The van der Waals surface area contributed by atoms with Crippen LogP contribution in [0.15, 0.2) is 33.7 Å². The summed E-state index contributed by atoms with van der Waals surface area (Å²) in [5, 5.41) is 3.42. The Morgan fingerprint density at radius 1 is 1.35 bits per heavy atom. The number of aliphatic imine (C=N–C) groups is 1. The lowest BCUT2D eigenvalue weighted by molar-refractivity contribution is 0.273. The van der Waals surface area contributed by atoms with E-state index in [-0.39, 0.29) is 24.0 Å². The van der Waals surface area contributed by atoms with Crippen LogP contribution in [0.2, 0.25) is 0 Å². The standard InChI is InChI=1S/C17H27BrN4O2S.HI/c1-19-17(21(2)13-15-6-4-5-7-16(15)18)20-12-14-8-10-22(11-9-14)25(3,23)24;/h4-7,14H,8-13H2,1-3H3,(H,19,20);1H. The summed E-state index contributed by atoms with van der Waals surface area (Å²) in [5.41, 5.74) is 1.20. The van der Waals surface area contributed by atoms with Gasteiger partial charge in [0.05, 0.1) is 6.26 Å². The van der Waals surface area contributed by atoms with Crippen molar-refractivity contribution < 1.29 is 8.42 Å². The smallest absolute Gasteiger partial charge is 0.211 e. The van der Waals surface area contributed by atoms with E-state index in [9.17, 15) is 8.42 Å². The Morgan fingerprint density at radius 3 is 2.50 bits per heavy atom. The van der Waals surface area contributed by atoms with Gasteiger partial charge in [-0.15, -0.1) is 24.0 Å². The van der Waals surface area contributed by atoms with Gasteiger partial charge in [-0.25, -0.2) is 12.7 Å².